The number of hydrogen-bond donors (Lipinski definition) is 1. The van der Waals surface area contributed by atoms with Crippen LogP contribution in [-0.4, -0.2) is 41.7 Å². The average molecular weight is 573 g/mol. The number of rotatable bonds is 7. The minimum absolute atomic E-state index is 0.224. The van der Waals surface area contributed by atoms with Crippen LogP contribution in [0.25, 0.3) is 0 Å². The number of alkyl halides is 3. The van der Waals surface area contributed by atoms with Gasteiger partial charge in [-0.2, -0.15) is 5.10 Å². The number of aliphatic imine (C=N–C) groups is 2. The molecule has 2 N–H and O–H groups in total. The summed E-state index contributed by atoms with van der Waals surface area (Å²) in [7, 11) is 0. The summed E-state index contributed by atoms with van der Waals surface area (Å²) in [5.74, 6) is 0.776. The van der Waals surface area contributed by atoms with Gasteiger partial charge in [0.05, 0.1) is 22.6 Å². The van der Waals surface area contributed by atoms with Crippen LogP contribution >= 0.6 is 23.4 Å². The maximum atomic E-state index is 12.3. The molecule has 12 heteroatoms. The molecule has 1 aliphatic heterocycles. The van der Waals surface area contributed by atoms with E-state index in [9.17, 15) is 13.2 Å². The molecule has 1 unspecified atom stereocenters. The van der Waals surface area contributed by atoms with Crippen LogP contribution in [0.15, 0.2) is 86.9 Å². The van der Waals surface area contributed by atoms with Crippen molar-refractivity contribution in [2.24, 2.45) is 25.9 Å². The molecule has 1 heterocycles. The van der Waals surface area contributed by atoms with Gasteiger partial charge in [0.25, 0.3) is 0 Å². The molecule has 0 aromatic heterocycles. The SMILES string of the molecule is Cc1cccc(Cl)c1N1/C(=N/N=C/c2ccc(C(N)=NC=Nc3ccc(OC(F)(F)F)cc3)cc2)SCC1C. The quantitative estimate of drug-likeness (QED) is 0.189. The number of nitrogens with two attached hydrogens (primary N) is 1. The topological polar surface area (TPSA) is 87.9 Å². The van der Waals surface area contributed by atoms with Gasteiger partial charge < -0.3 is 15.4 Å². The maximum absolute atomic E-state index is 12.3. The molecule has 0 aliphatic carbocycles. The lowest BCUT2D eigenvalue weighted by Gasteiger charge is -2.25. The summed E-state index contributed by atoms with van der Waals surface area (Å²) in [5, 5.41) is 10.2. The highest BCUT2D eigenvalue weighted by atomic mass is 35.5. The van der Waals surface area contributed by atoms with E-state index in [2.05, 4.69) is 36.7 Å². The van der Waals surface area contributed by atoms with E-state index in [0.717, 1.165) is 27.7 Å². The molecule has 1 fully saturated rings. The number of benzene rings is 3. The predicted molar refractivity (Wildman–Crippen MR) is 154 cm³/mol. The summed E-state index contributed by atoms with van der Waals surface area (Å²) in [5.41, 5.74) is 9.93. The average Bonchev–Trinajstić information content (AvgIpc) is 3.24. The van der Waals surface area contributed by atoms with Gasteiger partial charge in [-0.15, -0.1) is 18.3 Å². The third kappa shape index (κ3) is 7.61. The molecule has 0 radical (unpaired) electrons. The van der Waals surface area contributed by atoms with Gasteiger partial charge >= 0.3 is 6.36 Å². The second-order valence-corrected chi connectivity index (χ2v) is 9.88. The van der Waals surface area contributed by atoms with Gasteiger partial charge in [0.1, 0.15) is 17.9 Å². The van der Waals surface area contributed by atoms with Crippen LogP contribution in [0, 0.1) is 6.92 Å². The van der Waals surface area contributed by atoms with Crippen molar-refractivity contribution in [1.82, 2.24) is 0 Å². The van der Waals surface area contributed by atoms with E-state index < -0.39 is 6.36 Å². The Kier molecular flexibility index (Phi) is 8.93. The van der Waals surface area contributed by atoms with E-state index in [1.54, 1.807) is 30.1 Å². The number of ether oxygens (including phenoxy) is 1. The Balaban J connectivity index is 1.39. The molecule has 1 atom stereocenters. The summed E-state index contributed by atoms with van der Waals surface area (Å²) in [6.45, 7) is 4.15. The number of aryl methyl sites for hydroxylation is 1. The number of halogens is 4. The van der Waals surface area contributed by atoms with Crippen molar-refractivity contribution >= 4 is 58.3 Å². The van der Waals surface area contributed by atoms with Crippen LogP contribution in [0.3, 0.4) is 0 Å². The number of amidine groups is 2. The minimum Gasteiger partial charge on any atom is -0.406 e. The van der Waals surface area contributed by atoms with E-state index in [4.69, 9.17) is 17.3 Å². The van der Waals surface area contributed by atoms with E-state index >= 15 is 0 Å². The lowest BCUT2D eigenvalue weighted by molar-refractivity contribution is -0.274. The smallest absolute Gasteiger partial charge is 0.406 e. The predicted octanol–water partition coefficient (Wildman–Crippen LogP) is 6.94. The number of hydrogen-bond acceptors (Lipinski definition) is 5. The summed E-state index contributed by atoms with van der Waals surface area (Å²) in [6.07, 6.45) is -1.87. The van der Waals surface area contributed by atoms with Crippen LogP contribution in [0.4, 0.5) is 24.5 Å². The summed E-state index contributed by atoms with van der Waals surface area (Å²) < 4.78 is 40.6. The van der Waals surface area contributed by atoms with Gasteiger partial charge in [-0.25, -0.2) is 9.98 Å². The zero-order valence-electron chi connectivity index (χ0n) is 20.9. The Hall–Kier alpha value is -3.83. The first-order valence-electron chi connectivity index (χ1n) is 11.7. The molecule has 1 aliphatic rings. The Bertz CT molecular complexity index is 1400. The van der Waals surface area contributed by atoms with Crippen molar-refractivity contribution in [3.8, 4) is 5.75 Å². The Morgan fingerprint density at radius 3 is 2.49 bits per heavy atom. The highest BCUT2D eigenvalue weighted by Gasteiger charge is 2.31. The molecule has 3 aromatic carbocycles. The van der Waals surface area contributed by atoms with Crippen molar-refractivity contribution in [3.05, 3.63) is 88.4 Å². The van der Waals surface area contributed by atoms with Crippen LogP contribution < -0.4 is 15.4 Å². The Labute approximate surface area is 233 Å². The van der Waals surface area contributed by atoms with Crippen molar-refractivity contribution in [3.63, 3.8) is 0 Å². The molecule has 0 amide bonds. The normalized spacial score (nSPS) is 17.6. The molecule has 1 saturated heterocycles. The molecule has 0 saturated carbocycles. The maximum Gasteiger partial charge on any atom is 0.573 e. The zero-order valence-corrected chi connectivity index (χ0v) is 22.5. The first-order valence-corrected chi connectivity index (χ1v) is 13.1. The monoisotopic (exact) mass is 572 g/mol. The molecular weight excluding hydrogens is 549 g/mol. The van der Waals surface area contributed by atoms with E-state index in [0.29, 0.717) is 16.3 Å². The molecule has 3 aromatic rings. The number of thioether (sulfide) groups is 1. The largest absolute Gasteiger partial charge is 0.573 e. The molecule has 202 valence electrons. The summed E-state index contributed by atoms with van der Waals surface area (Å²) >= 11 is 8.12. The Morgan fingerprint density at radius 2 is 1.82 bits per heavy atom. The third-order valence-corrected chi connectivity index (χ3v) is 7.05. The fourth-order valence-electron chi connectivity index (χ4n) is 3.70. The van der Waals surface area contributed by atoms with Gasteiger partial charge in [0, 0.05) is 17.4 Å². The van der Waals surface area contributed by atoms with E-state index in [1.165, 1.54) is 30.6 Å². The highest BCUT2D eigenvalue weighted by molar-refractivity contribution is 8.14. The summed E-state index contributed by atoms with van der Waals surface area (Å²) in [6, 6.07) is 18.4. The lowest BCUT2D eigenvalue weighted by Crippen LogP contribution is -2.32. The third-order valence-electron chi connectivity index (χ3n) is 5.56. The molecule has 0 bridgehead atoms. The fraction of sp³-hybridized carbons (Fsp3) is 0.185. The van der Waals surface area contributed by atoms with Crippen molar-refractivity contribution in [2.45, 2.75) is 26.3 Å². The van der Waals surface area contributed by atoms with Gasteiger partial charge in [-0.05, 0) is 55.3 Å². The van der Waals surface area contributed by atoms with Gasteiger partial charge in [0.2, 0.25) is 0 Å². The number of anilines is 1. The second kappa shape index (κ2) is 12.4. The van der Waals surface area contributed by atoms with Crippen LogP contribution in [0.1, 0.15) is 23.6 Å². The van der Waals surface area contributed by atoms with Crippen molar-refractivity contribution < 1.29 is 17.9 Å². The molecule has 4 rings (SSSR count). The first kappa shape index (κ1) is 28.2. The fourth-order valence-corrected chi connectivity index (χ4v) is 5.07. The molecule has 7 nitrogen and oxygen atoms in total. The Morgan fingerprint density at radius 1 is 1.10 bits per heavy atom. The lowest BCUT2D eigenvalue weighted by atomic mass is 10.1. The van der Waals surface area contributed by atoms with Crippen LogP contribution in [0.2, 0.25) is 5.02 Å². The van der Waals surface area contributed by atoms with E-state index in [-0.39, 0.29) is 17.6 Å². The first-order chi connectivity index (χ1) is 18.6. The summed E-state index contributed by atoms with van der Waals surface area (Å²) in [4.78, 5) is 10.3. The van der Waals surface area contributed by atoms with Gasteiger partial charge in [0.15, 0.2) is 5.17 Å². The zero-order chi connectivity index (χ0) is 28.0. The highest BCUT2D eigenvalue weighted by Crippen LogP contribution is 2.37. The number of nitrogens with zero attached hydrogens (tertiary/aromatic N) is 5. The minimum atomic E-state index is -4.75. The van der Waals surface area contributed by atoms with Crippen LogP contribution in [-0.2, 0) is 0 Å². The second-order valence-electron chi connectivity index (χ2n) is 8.49. The molecule has 39 heavy (non-hydrogen) atoms. The van der Waals surface area contributed by atoms with Crippen LogP contribution in [0.5, 0.6) is 5.75 Å². The van der Waals surface area contributed by atoms with E-state index in [1.807, 2.05) is 37.3 Å². The van der Waals surface area contributed by atoms with Crippen molar-refractivity contribution in [2.75, 3.05) is 10.7 Å². The number of para-hydroxylation sites is 1. The van der Waals surface area contributed by atoms with Gasteiger partial charge in [-0.3, -0.25) is 0 Å². The van der Waals surface area contributed by atoms with Crippen molar-refractivity contribution in [1.29, 1.82) is 0 Å². The molecule has 0 spiro atoms. The molecular formula is C27H24ClF3N6OS. The standard InChI is InChI=1S/C27H24ClF3N6OS/c1-17-4-3-5-23(28)24(17)37-18(2)15-39-26(37)36-35-14-19-6-8-20(9-7-19)25(32)34-16-33-21-10-12-22(13-11-21)38-27(29,30)31/h3-14,16,18H,15H2,1-2H3,(H2,32,33,34)/b35-14+,36-26-. The van der Waals surface area contributed by atoms with Gasteiger partial charge in [-0.1, -0.05) is 59.8 Å².